The van der Waals surface area contributed by atoms with Crippen LogP contribution in [-0.2, 0) is 11.0 Å². The zero-order valence-corrected chi connectivity index (χ0v) is 19.3. The van der Waals surface area contributed by atoms with Crippen LogP contribution in [-0.4, -0.2) is 36.5 Å². The molecule has 4 nitrogen and oxygen atoms in total. The summed E-state index contributed by atoms with van der Waals surface area (Å²) < 4.78 is 45.3. The average Bonchev–Trinajstić information content (AvgIpc) is 3.48. The molecule has 0 aliphatic carbocycles. The fourth-order valence-corrected chi connectivity index (χ4v) is 4.36. The third kappa shape index (κ3) is 4.95. The maximum Gasteiger partial charge on any atom is 0.416 e. The van der Waals surface area contributed by atoms with E-state index in [9.17, 15) is 18.0 Å². The Morgan fingerprint density at radius 2 is 1.77 bits per heavy atom. The molecular weight excluding hydrogens is 453 g/mol. The van der Waals surface area contributed by atoms with E-state index in [0.717, 1.165) is 37.4 Å². The van der Waals surface area contributed by atoms with Crippen LogP contribution >= 0.6 is 0 Å². The summed E-state index contributed by atoms with van der Waals surface area (Å²) in [5.41, 5.74) is 1.96. The summed E-state index contributed by atoms with van der Waals surface area (Å²) in [5, 5.41) is 0. The van der Waals surface area contributed by atoms with E-state index in [1.54, 1.807) is 17.0 Å². The van der Waals surface area contributed by atoms with Gasteiger partial charge in [0.05, 0.1) is 23.4 Å². The van der Waals surface area contributed by atoms with Gasteiger partial charge in [-0.25, -0.2) is 0 Å². The van der Waals surface area contributed by atoms with Crippen molar-refractivity contribution in [2.45, 2.75) is 25.6 Å². The molecule has 0 saturated carbocycles. The van der Waals surface area contributed by atoms with E-state index < -0.39 is 11.7 Å². The highest BCUT2D eigenvalue weighted by molar-refractivity contribution is 6.37. The Labute approximate surface area is 202 Å². The Hall–Kier alpha value is -3.58. The second-order valence-electron chi connectivity index (χ2n) is 8.88. The molecular formula is C28H25F3N2O2. The minimum atomic E-state index is -4.45. The molecule has 0 aromatic heterocycles. The van der Waals surface area contributed by atoms with Crippen molar-refractivity contribution in [2.75, 3.05) is 24.6 Å². The van der Waals surface area contributed by atoms with Crippen LogP contribution in [0.25, 0.3) is 11.6 Å². The number of hydrogen-bond acceptors (Lipinski definition) is 3. The molecule has 180 valence electrons. The quantitative estimate of drug-likeness (QED) is 0.224. The SMILES string of the molecule is CC1CN1CCCOc1ccc(N2C(=O)/C(=C\c3cccc(C(F)(F)F)c3)c3ccccc32)cc1. The third-order valence-corrected chi connectivity index (χ3v) is 6.34. The fourth-order valence-electron chi connectivity index (χ4n) is 4.36. The van der Waals surface area contributed by atoms with Gasteiger partial charge in [0.2, 0.25) is 0 Å². The van der Waals surface area contributed by atoms with Gasteiger partial charge in [-0.15, -0.1) is 0 Å². The van der Waals surface area contributed by atoms with Gasteiger partial charge in [-0.1, -0.05) is 30.3 Å². The molecule has 3 aromatic carbocycles. The Kier molecular flexibility index (Phi) is 6.11. The highest BCUT2D eigenvalue weighted by Crippen LogP contribution is 2.42. The van der Waals surface area contributed by atoms with Crippen molar-refractivity contribution in [1.29, 1.82) is 0 Å². The van der Waals surface area contributed by atoms with Gasteiger partial charge in [0.15, 0.2) is 0 Å². The van der Waals surface area contributed by atoms with E-state index in [-0.39, 0.29) is 5.91 Å². The third-order valence-electron chi connectivity index (χ3n) is 6.34. The summed E-state index contributed by atoms with van der Waals surface area (Å²) in [4.78, 5) is 17.4. The summed E-state index contributed by atoms with van der Waals surface area (Å²) in [7, 11) is 0. The molecule has 2 heterocycles. The molecule has 7 heteroatoms. The summed E-state index contributed by atoms with van der Waals surface area (Å²) in [5.74, 6) is 0.442. The number of benzene rings is 3. The van der Waals surface area contributed by atoms with Crippen LogP contribution in [0.3, 0.4) is 0 Å². The lowest BCUT2D eigenvalue weighted by molar-refractivity contribution is -0.137. The number of rotatable bonds is 7. The lowest BCUT2D eigenvalue weighted by Gasteiger charge is -2.18. The second-order valence-corrected chi connectivity index (χ2v) is 8.88. The van der Waals surface area contributed by atoms with Crippen molar-refractivity contribution in [3.63, 3.8) is 0 Å². The van der Waals surface area contributed by atoms with Gasteiger partial charge >= 0.3 is 6.18 Å². The van der Waals surface area contributed by atoms with E-state index in [1.165, 1.54) is 12.1 Å². The van der Waals surface area contributed by atoms with Gasteiger partial charge < -0.3 is 4.74 Å². The molecule has 2 unspecified atom stereocenters. The molecule has 0 N–H and O–H groups in total. The maximum atomic E-state index is 13.4. The van der Waals surface area contributed by atoms with Crippen molar-refractivity contribution in [3.05, 3.63) is 89.5 Å². The smallest absolute Gasteiger partial charge is 0.416 e. The van der Waals surface area contributed by atoms with Crippen LogP contribution < -0.4 is 9.64 Å². The van der Waals surface area contributed by atoms with Gasteiger partial charge in [0, 0.05) is 30.4 Å². The zero-order valence-electron chi connectivity index (χ0n) is 19.3. The van der Waals surface area contributed by atoms with E-state index in [1.807, 2.05) is 42.5 Å². The van der Waals surface area contributed by atoms with Crippen molar-refractivity contribution in [2.24, 2.45) is 0 Å². The number of fused-ring (bicyclic) bond motifs is 1. The average molecular weight is 479 g/mol. The number of amides is 1. The molecule has 0 spiro atoms. The minimum Gasteiger partial charge on any atom is -0.494 e. The molecule has 1 amide bonds. The van der Waals surface area contributed by atoms with Crippen molar-refractivity contribution < 1.29 is 22.7 Å². The van der Waals surface area contributed by atoms with Gasteiger partial charge in [-0.05, 0) is 67.4 Å². The first kappa shape index (κ1) is 23.2. The van der Waals surface area contributed by atoms with Crippen molar-refractivity contribution >= 4 is 28.9 Å². The van der Waals surface area contributed by atoms with Gasteiger partial charge in [-0.3, -0.25) is 14.6 Å². The van der Waals surface area contributed by atoms with Crippen molar-refractivity contribution in [3.8, 4) is 5.75 Å². The number of alkyl halides is 3. The summed E-state index contributed by atoms with van der Waals surface area (Å²) in [6, 6.07) is 20.3. The number of anilines is 2. The molecule has 1 saturated heterocycles. The van der Waals surface area contributed by atoms with Gasteiger partial charge in [0.1, 0.15) is 5.75 Å². The van der Waals surface area contributed by atoms with E-state index in [2.05, 4.69) is 11.8 Å². The molecule has 1 fully saturated rings. The number of para-hydroxylation sites is 1. The first-order valence-corrected chi connectivity index (χ1v) is 11.6. The zero-order chi connectivity index (χ0) is 24.6. The van der Waals surface area contributed by atoms with E-state index >= 15 is 0 Å². The molecule has 2 atom stereocenters. The van der Waals surface area contributed by atoms with Crippen LogP contribution in [0.2, 0.25) is 0 Å². The summed E-state index contributed by atoms with van der Waals surface area (Å²) in [6.45, 7) is 5.01. The topological polar surface area (TPSA) is 32.5 Å². The number of carbonyl (C=O) groups excluding carboxylic acids is 1. The van der Waals surface area contributed by atoms with Crippen LogP contribution in [0.1, 0.15) is 30.0 Å². The number of hydrogen-bond donors (Lipinski definition) is 0. The largest absolute Gasteiger partial charge is 0.494 e. The first-order valence-electron chi connectivity index (χ1n) is 11.6. The normalized spacial score (nSPS) is 20.3. The monoisotopic (exact) mass is 478 g/mol. The van der Waals surface area contributed by atoms with E-state index in [4.69, 9.17) is 4.74 Å². The highest BCUT2D eigenvalue weighted by atomic mass is 19.4. The van der Waals surface area contributed by atoms with Gasteiger partial charge in [0.25, 0.3) is 5.91 Å². The van der Waals surface area contributed by atoms with Gasteiger partial charge in [-0.2, -0.15) is 13.2 Å². The Morgan fingerprint density at radius 1 is 1.03 bits per heavy atom. The minimum absolute atomic E-state index is 0.287. The molecule has 2 aliphatic heterocycles. The Balaban J connectivity index is 1.36. The number of ether oxygens (including phenoxy) is 1. The molecule has 0 bridgehead atoms. The highest BCUT2D eigenvalue weighted by Gasteiger charge is 2.34. The van der Waals surface area contributed by atoms with Crippen LogP contribution in [0.5, 0.6) is 5.75 Å². The first-order chi connectivity index (χ1) is 16.8. The fraction of sp³-hybridized carbons (Fsp3) is 0.250. The number of nitrogens with zero attached hydrogens (tertiary/aromatic N) is 2. The standard InChI is InChI=1S/C28H25F3N2O2/c1-19-18-32(19)14-5-15-35-23-12-10-22(11-13-23)33-26-9-3-2-8-24(26)25(27(33)34)17-20-6-4-7-21(16-20)28(29,30)31/h2-4,6-13,16-17,19H,5,14-15,18H2,1H3/b25-17-. The Bertz CT molecular complexity index is 1270. The summed E-state index contributed by atoms with van der Waals surface area (Å²) in [6.07, 6.45) is -1.98. The maximum absolute atomic E-state index is 13.4. The van der Waals surface area contributed by atoms with Crippen LogP contribution in [0.4, 0.5) is 24.5 Å². The second kappa shape index (κ2) is 9.23. The lowest BCUT2D eigenvalue weighted by atomic mass is 10.0. The predicted octanol–water partition coefficient (Wildman–Crippen LogP) is 6.40. The van der Waals surface area contributed by atoms with Crippen LogP contribution in [0, 0.1) is 0 Å². The molecule has 35 heavy (non-hydrogen) atoms. The predicted molar refractivity (Wildman–Crippen MR) is 130 cm³/mol. The van der Waals surface area contributed by atoms with E-state index in [0.29, 0.717) is 40.7 Å². The lowest BCUT2D eigenvalue weighted by Crippen LogP contribution is -2.20. The molecule has 2 aliphatic rings. The number of carbonyl (C=O) groups is 1. The Morgan fingerprint density at radius 3 is 2.49 bits per heavy atom. The van der Waals surface area contributed by atoms with Crippen molar-refractivity contribution in [1.82, 2.24) is 4.90 Å². The molecule has 0 radical (unpaired) electrons. The number of halogens is 3. The molecule has 5 rings (SSSR count). The summed E-state index contributed by atoms with van der Waals surface area (Å²) >= 11 is 0. The molecule has 3 aromatic rings. The van der Waals surface area contributed by atoms with Crippen LogP contribution in [0.15, 0.2) is 72.8 Å².